The lowest BCUT2D eigenvalue weighted by molar-refractivity contribution is -0.168. The number of unbranched alkanes of at least 4 members (excludes halogenated alkanes) is 50. The summed E-state index contributed by atoms with van der Waals surface area (Å²) in [6, 6.07) is -0.864. The molecule has 0 saturated heterocycles. The minimum absolute atomic E-state index is 0.0766. The lowest BCUT2D eigenvalue weighted by Gasteiger charge is -2.36. The number of ether oxygens (including phenoxy) is 2. The highest BCUT2D eigenvalue weighted by Crippen LogP contribution is 2.36. The van der Waals surface area contributed by atoms with Crippen molar-refractivity contribution in [1.82, 2.24) is 5.32 Å². The van der Waals surface area contributed by atoms with Gasteiger partial charge in [0.1, 0.15) is 17.2 Å². The van der Waals surface area contributed by atoms with Gasteiger partial charge in [0.15, 0.2) is 0 Å². The minimum atomic E-state index is -0.864. The third kappa shape index (κ3) is 55.0. The van der Waals surface area contributed by atoms with Gasteiger partial charge in [0.2, 0.25) is 5.91 Å². The third-order valence-corrected chi connectivity index (χ3v) is 19.3. The standard InChI is InChI=1S/C79H155NO5/c1-8-15-22-29-36-39-40-41-42-43-44-45-48-51-58-65-75(81)80-74(77(83)85-79(71-62-54-34-27-20-13-6,72-63-55-35-28-21-14-7)73-64-57-50-47-38-31-24-17-10-3)66-67-76(82)84-78(68-59-52-32-25-18-11-4,69-60-53-33-26-19-12-5)70-61-56-49-46-37-30-23-16-9-2/h74H,8-73H2,1-7H3,(H,80,81). The van der Waals surface area contributed by atoms with Gasteiger partial charge in [-0.3, -0.25) is 9.59 Å². The van der Waals surface area contributed by atoms with Crippen molar-refractivity contribution in [3.8, 4) is 0 Å². The number of carbonyl (C=O) groups excluding carboxylic acids is 3. The van der Waals surface area contributed by atoms with E-state index in [2.05, 4.69) is 53.8 Å². The van der Waals surface area contributed by atoms with Gasteiger partial charge in [-0.15, -0.1) is 0 Å². The zero-order valence-corrected chi connectivity index (χ0v) is 59.3. The number of amides is 1. The molecule has 0 spiro atoms. The lowest BCUT2D eigenvalue weighted by atomic mass is 9.84. The van der Waals surface area contributed by atoms with Gasteiger partial charge < -0.3 is 14.8 Å². The van der Waals surface area contributed by atoms with Crippen LogP contribution in [0.3, 0.4) is 0 Å². The second kappa shape index (κ2) is 65.4. The second-order valence-corrected chi connectivity index (χ2v) is 27.8. The molecular weight excluding hydrogens is 1040 g/mol. The maximum Gasteiger partial charge on any atom is 0.329 e. The topological polar surface area (TPSA) is 81.7 Å². The van der Waals surface area contributed by atoms with Crippen LogP contribution in [0.25, 0.3) is 0 Å². The van der Waals surface area contributed by atoms with Crippen molar-refractivity contribution in [2.75, 3.05) is 0 Å². The molecule has 85 heavy (non-hydrogen) atoms. The summed E-state index contributed by atoms with van der Waals surface area (Å²) in [5, 5.41) is 3.26. The Bertz CT molecular complexity index is 1350. The van der Waals surface area contributed by atoms with E-state index in [4.69, 9.17) is 9.47 Å². The number of hydrogen-bond donors (Lipinski definition) is 1. The van der Waals surface area contributed by atoms with Crippen molar-refractivity contribution in [3.63, 3.8) is 0 Å². The first-order valence-electron chi connectivity index (χ1n) is 39.4. The van der Waals surface area contributed by atoms with E-state index in [0.717, 1.165) is 109 Å². The van der Waals surface area contributed by atoms with Crippen molar-refractivity contribution in [2.45, 2.75) is 489 Å². The van der Waals surface area contributed by atoms with Gasteiger partial charge in [-0.05, 0) is 89.9 Å². The van der Waals surface area contributed by atoms with E-state index in [0.29, 0.717) is 6.42 Å². The van der Waals surface area contributed by atoms with Crippen LogP contribution in [0.5, 0.6) is 0 Å². The highest BCUT2D eigenvalue weighted by molar-refractivity contribution is 5.85. The van der Waals surface area contributed by atoms with E-state index in [1.165, 1.54) is 295 Å². The molecule has 0 aliphatic heterocycles. The Morgan fingerprint density at radius 2 is 0.459 bits per heavy atom. The molecule has 0 fully saturated rings. The summed E-state index contributed by atoms with van der Waals surface area (Å²) in [4.78, 5) is 44.1. The average molecular weight is 1200 g/mol. The maximum absolute atomic E-state index is 15.2. The SMILES string of the molecule is CCCCCCCCCCCCCCCCCC(=O)NC(CCC(=O)OC(CCCCCCCC)(CCCCCCCC)CCCCCCCCCCC)C(=O)OC(CCCCCCCC)(CCCCCCCC)CCCCCCCCCCC. The Balaban J connectivity index is 6.70. The van der Waals surface area contributed by atoms with E-state index in [1.807, 2.05) is 0 Å². The Morgan fingerprint density at radius 1 is 0.259 bits per heavy atom. The van der Waals surface area contributed by atoms with Crippen LogP contribution in [0.2, 0.25) is 0 Å². The number of nitrogens with one attached hydrogen (secondary N) is 1. The van der Waals surface area contributed by atoms with Crippen molar-refractivity contribution >= 4 is 17.8 Å². The molecule has 0 aromatic rings. The molecule has 0 aromatic heterocycles. The number of rotatable bonds is 71. The molecule has 506 valence electrons. The molecule has 0 aliphatic rings. The molecule has 0 aliphatic carbocycles. The van der Waals surface area contributed by atoms with Crippen LogP contribution in [-0.4, -0.2) is 35.1 Å². The molecule has 1 amide bonds. The highest BCUT2D eigenvalue weighted by atomic mass is 16.6. The summed E-state index contributed by atoms with van der Waals surface area (Å²) < 4.78 is 14.0. The van der Waals surface area contributed by atoms with Crippen molar-refractivity contribution < 1.29 is 23.9 Å². The fraction of sp³-hybridized carbons (Fsp3) is 0.962. The third-order valence-electron chi connectivity index (χ3n) is 19.3. The van der Waals surface area contributed by atoms with Crippen LogP contribution in [-0.2, 0) is 23.9 Å². The Hall–Kier alpha value is -1.59. The van der Waals surface area contributed by atoms with E-state index >= 15 is 4.79 Å². The summed E-state index contributed by atoms with van der Waals surface area (Å²) in [5.74, 6) is -0.583. The summed E-state index contributed by atoms with van der Waals surface area (Å²) in [7, 11) is 0. The van der Waals surface area contributed by atoms with Gasteiger partial charge in [0, 0.05) is 12.8 Å². The van der Waals surface area contributed by atoms with Crippen LogP contribution in [0.1, 0.15) is 472 Å². The number of carbonyl (C=O) groups is 3. The molecule has 1 unspecified atom stereocenters. The molecule has 6 nitrogen and oxygen atoms in total. The first-order chi connectivity index (χ1) is 41.7. The maximum atomic E-state index is 15.2. The van der Waals surface area contributed by atoms with Gasteiger partial charge in [0.05, 0.1) is 0 Å². The Morgan fingerprint density at radius 3 is 0.694 bits per heavy atom. The van der Waals surface area contributed by atoms with Gasteiger partial charge in [-0.2, -0.15) is 0 Å². The van der Waals surface area contributed by atoms with E-state index in [1.54, 1.807) is 0 Å². The molecule has 0 aromatic carbocycles. The zero-order valence-electron chi connectivity index (χ0n) is 59.3. The molecule has 1 atom stereocenters. The van der Waals surface area contributed by atoms with Crippen LogP contribution in [0.4, 0.5) is 0 Å². The molecule has 0 radical (unpaired) electrons. The normalized spacial score (nSPS) is 12.3. The molecule has 0 heterocycles. The summed E-state index contributed by atoms with van der Waals surface area (Å²) in [5.41, 5.74) is -1.02. The smallest absolute Gasteiger partial charge is 0.329 e. The second-order valence-electron chi connectivity index (χ2n) is 27.8. The lowest BCUT2D eigenvalue weighted by Crippen LogP contribution is -2.47. The molecular formula is C79H155NO5. The molecule has 6 heteroatoms. The van der Waals surface area contributed by atoms with Gasteiger partial charge in [-0.25, -0.2) is 4.79 Å². The van der Waals surface area contributed by atoms with E-state index in [-0.39, 0.29) is 30.7 Å². The predicted molar refractivity (Wildman–Crippen MR) is 374 cm³/mol. The van der Waals surface area contributed by atoms with Gasteiger partial charge in [0.25, 0.3) is 0 Å². The highest BCUT2D eigenvalue weighted by Gasteiger charge is 2.38. The quantitative estimate of drug-likeness (QED) is 0.0485. The van der Waals surface area contributed by atoms with Gasteiger partial charge >= 0.3 is 11.9 Å². The molecule has 1 N–H and O–H groups in total. The number of hydrogen-bond acceptors (Lipinski definition) is 5. The molecule has 0 saturated carbocycles. The fourth-order valence-electron chi connectivity index (χ4n) is 13.5. The van der Waals surface area contributed by atoms with E-state index in [9.17, 15) is 9.59 Å². The molecule has 0 rings (SSSR count). The first-order valence-corrected chi connectivity index (χ1v) is 39.4. The monoisotopic (exact) mass is 1200 g/mol. The fourth-order valence-corrected chi connectivity index (χ4v) is 13.5. The van der Waals surface area contributed by atoms with Crippen LogP contribution in [0.15, 0.2) is 0 Å². The van der Waals surface area contributed by atoms with Crippen molar-refractivity contribution in [1.29, 1.82) is 0 Å². The summed E-state index contributed by atoms with van der Waals surface area (Å²) in [6.45, 7) is 16.0. The Kier molecular flexibility index (Phi) is 64.1. The van der Waals surface area contributed by atoms with Crippen LogP contribution < -0.4 is 5.32 Å². The largest absolute Gasteiger partial charge is 0.459 e. The zero-order chi connectivity index (χ0) is 62.1. The number of esters is 2. The van der Waals surface area contributed by atoms with Gasteiger partial charge in [-0.1, -0.05) is 370 Å². The predicted octanol–water partition coefficient (Wildman–Crippen LogP) is 26.9. The molecule has 0 bridgehead atoms. The van der Waals surface area contributed by atoms with E-state index < -0.39 is 17.2 Å². The van der Waals surface area contributed by atoms with Crippen molar-refractivity contribution in [2.24, 2.45) is 0 Å². The van der Waals surface area contributed by atoms with Crippen LogP contribution in [0, 0.1) is 0 Å². The Labute approximate surface area is 533 Å². The first kappa shape index (κ1) is 83.4. The summed E-state index contributed by atoms with van der Waals surface area (Å²) in [6.07, 6.45) is 77.4. The average Bonchev–Trinajstić information content (AvgIpc) is 3.69. The summed E-state index contributed by atoms with van der Waals surface area (Å²) >= 11 is 0. The van der Waals surface area contributed by atoms with Crippen molar-refractivity contribution in [3.05, 3.63) is 0 Å². The van der Waals surface area contributed by atoms with Crippen LogP contribution >= 0.6 is 0 Å². The minimum Gasteiger partial charge on any atom is -0.459 e.